The number of rotatable bonds is 4. The van der Waals surface area contributed by atoms with Gasteiger partial charge >= 0.3 is 0 Å². The van der Waals surface area contributed by atoms with Gasteiger partial charge in [0.2, 0.25) is 12.7 Å². The van der Waals surface area contributed by atoms with Crippen LogP contribution in [0.15, 0.2) is 35.7 Å². The van der Waals surface area contributed by atoms with Crippen LogP contribution in [0.25, 0.3) is 0 Å². The minimum atomic E-state index is -1.03. The zero-order valence-electron chi connectivity index (χ0n) is 15.9. The van der Waals surface area contributed by atoms with Gasteiger partial charge in [0, 0.05) is 16.6 Å². The molecule has 8 nitrogen and oxygen atoms in total. The number of hydrogen-bond acceptors (Lipinski definition) is 7. The number of nitrogens with zero attached hydrogens (tertiary/aromatic N) is 1. The monoisotopic (exact) mass is 447 g/mol. The highest BCUT2D eigenvalue weighted by molar-refractivity contribution is 7.80. The SMILES string of the molecule is O=C(NCc1cccs1)[C@@H]1C[C@@H](O)[C@H](O)[C@@H]2NC(=S)N(c3ccc4c(c3)OCO4)[C@@H]21. The fraction of sp³-hybridized carbons (Fsp3) is 0.400. The van der Waals surface area contributed by atoms with Gasteiger partial charge in [0.1, 0.15) is 6.10 Å². The summed E-state index contributed by atoms with van der Waals surface area (Å²) in [5.41, 5.74) is 0.740. The van der Waals surface area contributed by atoms with Crippen molar-refractivity contribution < 1.29 is 24.5 Å². The number of aliphatic hydroxyl groups is 2. The highest BCUT2D eigenvalue weighted by atomic mass is 32.1. The van der Waals surface area contributed by atoms with Crippen LogP contribution >= 0.6 is 23.6 Å². The Morgan fingerprint density at radius 2 is 2.13 bits per heavy atom. The molecule has 1 saturated heterocycles. The molecular formula is C20H21N3O5S2. The molecule has 1 aromatic carbocycles. The lowest BCUT2D eigenvalue weighted by Gasteiger charge is -2.41. The number of aliphatic hydroxyl groups excluding tert-OH is 2. The lowest BCUT2D eigenvalue weighted by molar-refractivity contribution is -0.131. The number of anilines is 1. The number of fused-ring (bicyclic) bond motifs is 2. The minimum absolute atomic E-state index is 0.143. The largest absolute Gasteiger partial charge is 0.454 e. The van der Waals surface area contributed by atoms with Crippen molar-refractivity contribution in [2.75, 3.05) is 11.7 Å². The van der Waals surface area contributed by atoms with Crippen LogP contribution in [-0.4, -0.2) is 52.3 Å². The van der Waals surface area contributed by atoms with Crippen LogP contribution in [0.5, 0.6) is 11.5 Å². The number of hydrogen-bond donors (Lipinski definition) is 4. The molecule has 30 heavy (non-hydrogen) atoms. The Morgan fingerprint density at radius 1 is 1.30 bits per heavy atom. The topological polar surface area (TPSA) is 103 Å². The third-order valence-electron chi connectivity index (χ3n) is 5.83. The second kappa shape index (κ2) is 7.69. The molecule has 5 atom stereocenters. The van der Waals surface area contributed by atoms with Gasteiger partial charge in [-0.25, -0.2) is 0 Å². The van der Waals surface area contributed by atoms with E-state index in [-0.39, 0.29) is 19.1 Å². The van der Waals surface area contributed by atoms with Gasteiger partial charge in [0.15, 0.2) is 16.6 Å². The van der Waals surface area contributed by atoms with Crippen LogP contribution in [0.1, 0.15) is 11.3 Å². The molecule has 0 radical (unpaired) electrons. The van der Waals surface area contributed by atoms with Crippen LogP contribution in [-0.2, 0) is 11.3 Å². The number of thiocarbonyl (C=S) groups is 1. The van der Waals surface area contributed by atoms with E-state index in [0.29, 0.717) is 23.2 Å². The van der Waals surface area contributed by atoms with Gasteiger partial charge in [0.25, 0.3) is 0 Å². The number of amides is 1. The van der Waals surface area contributed by atoms with Gasteiger partial charge in [-0.15, -0.1) is 11.3 Å². The molecule has 1 aromatic heterocycles. The molecule has 1 aliphatic carbocycles. The lowest BCUT2D eigenvalue weighted by Crippen LogP contribution is -2.60. The summed E-state index contributed by atoms with van der Waals surface area (Å²) in [7, 11) is 0. The molecule has 1 saturated carbocycles. The second-order valence-electron chi connectivity index (χ2n) is 7.57. The van der Waals surface area contributed by atoms with Crippen molar-refractivity contribution in [2.45, 2.75) is 37.3 Å². The Labute approximate surface area is 182 Å². The number of thiophene rings is 1. The first-order valence-corrected chi connectivity index (χ1v) is 11.0. The van der Waals surface area contributed by atoms with Crippen molar-refractivity contribution in [3.8, 4) is 11.5 Å². The molecule has 0 bridgehead atoms. The predicted octanol–water partition coefficient (Wildman–Crippen LogP) is 0.967. The summed E-state index contributed by atoms with van der Waals surface area (Å²) in [4.78, 5) is 16.0. The predicted molar refractivity (Wildman–Crippen MR) is 115 cm³/mol. The van der Waals surface area contributed by atoms with Gasteiger partial charge in [-0.05, 0) is 42.2 Å². The van der Waals surface area contributed by atoms with Crippen LogP contribution in [0.2, 0.25) is 0 Å². The molecule has 4 N–H and O–H groups in total. The summed E-state index contributed by atoms with van der Waals surface area (Å²) in [5, 5.41) is 29.4. The third-order valence-corrected chi connectivity index (χ3v) is 7.02. The van der Waals surface area contributed by atoms with Crippen molar-refractivity contribution in [3.05, 3.63) is 40.6 Å². The molecule has 2 fully saturated rings. The van der Waals surface area contributed by atoms with E-state index in [2.05, 4.69) is 10.6 Å². The van der Waals surface area contributed by atoms with Gasteiger partial charge in [0.05, 0.1) is 30.7 Å². The van der Waals surface area contributed by atoms with Gasteiger partial charge in [-0.3, -0.25) is 4.79 Å². The summed E-state index contributed by atoms with van der Waals surface area (Å²) in [6.07, 6.45) is -1.91. The molecule has 5 rings (SSSR count). The summed E-state index contributed by atoms with van der Waals surface area (Å²) >= 11 is 7.11. The van der Waals surface area contributed by atoms with E-state index in [1.165, 1.54) is 0 Å². The molecule has 2 aromatic rings. The minimum Gasteiger partial charge on any atom is -0.454 e. The zero-order valence-corrected chi connectivity index (χ0v) is 17.5. The molecule has 158 valence electrons. The van der Waals surface area contributed by atoms with Crippen LogP contribution < -0.4 is 25.0 Å². The Kier molecular flexibility index (Phi) is 5.02. The smallest absolute Gasteiger partial charge is 0.231 e. The summed E-state index contributed by atoms with van der Waals surface area (Å²) in [5.74, 6) is 0.514. The van der Waals surface area contributed by atoms with Crippen molar-refractivity contribution in [3.63, 3.8) is 0 Å². The Bertz CT molecular complexity index is 969. The van der Waals surface area contributed by atoms with E-state index in [1.54, 1.807) is 17.4 Å². The van der Waals surface area contributed by atoms with Crippen molar-refractivity contribution in [1.82, 2.24) is 10.6 Å². The zero-order chi connectivity index (χ0) is 20.8. The van der Waals surface area contributed by atoms with E-state index in [1.807, 2.05) is 34.5 Å². The average molecular weight is 448 g/mol. The van der Waals surface area contributed by atoms with E-state index < -0.39 is 30.2 Å². The molecule has 1 amide bonds. The molecule has 10 heteroatoms. The van der Waals surface area contributed by atoms with Gasteiger partial charge in [-0.1, -0.05) is 6.07 Å². The average Bonchev–Trinajstić information content (AvgIpc) is 3.47. The molecular weight excluding hydrogens is 426 g/mol. The first-order valence-electron chi connectivity index (χ1n) is 9.68. The number of benzene rings is 1. The van der Waals surface area contributed by atoms with Crippen LogP contribution in [0.3, 0.4) is 0 Å². The van der Waals surface area contributed by atoms with E-state index in [9.17, 15) is 15.0 Å². The molecule has 3 heterocycles. The maximum Gasteiger partial charge on any atom is 0.231 e. The third kappa shape index (κ3) is 3.29. The molecule has 0 spiro atoms. The number of carbonyl (C=O) groups excluding carboxylic acids is 1. The summed E-state index contributed by atoms with van der Waals surface area (Å²) < 4.78 is 10.9. The summed E-state index contributed by atoms with van der Waals surface area (Å²) in [6, 6.07) is 8.34. The Morgan fingerprint density at radius 3 is 2.93 bits per heavy atom. The number of ether oxygens (including phenoxy) is 2. The lowest BCUT2D eigenvalue weighted by atomic mass is 9.77. The first kappa shape index (κ1) is 19.6. The number of carbonyl (C=O) groups is 1. The van der Waals surface area contributed by atoms with Crippen molar-refractivity contribution >= 4 is 40.3 Å². The van der Waals surface area contributed by atoms with E-state index in [4.69, 9.17) is 21.7 Å². The second-order valence-corrected chi connectivity index (χ2v) is 8.99. The molecule has 0 unspecified atom stereocenters. The normalized spacial score (nSPS) is 29.5. The fourth-order valence-electron chi connectivity index (χ4n) is 4.39. The Hall–Kier alpha value is -2.40. The molecule has 3 aliphatic rings. The van der Waals surface area contributed by atoms with Gasteiger partial charge < -0.3 is 35.2 Å². The van der Waals surface area contributed by atoms with Crippen LogP contribution in [0.4, 0.5) is 5.69 Å². The van der Waals surface area contributed by atoms with Crippen LogP contribution in [0, 0.1) is 5.92 Å². The van der Waals surface area contributed by atoms with Gasteiger partial charge in [-0.2, -0.15) is 0 Å². The standard InChI is InChI=1S/C20H21N3O5S2/c24-13-7-12(19(26)21-8-11-2-1-5-30-11)17-16(18(13)25)22-20(29)23(17)10-3-4-14-15(6-10)28-9-27-14/h1-6,12-13,16-18,24-25H,7-9H2,(H,21,26)(H,22,29)/t12-,13-,16-,17-,18+/m1/s1. The quantitative estimate of drug-likeness (QED) is 0.514. The maximum atomic E-state index is 13.1. The fourth-order valence-corrected chi connectivity index (χ4v) is 5.40. The highest BCUT2D eigenvalue weighted by Gasteiger charge is 2.54. The molecule has 2 aliphatic heterocycles. The van der Waals surface area contributed by atoms with E-state index in [0.717, 1.165) is 10.6 Å². The summed E-state index contributed by atoms with van der Waals surface area (Å²) in [6.45, 7) is 0.580. The van der Waals surface area contributed by atoms with Crippen molar-refractivity contribution in [1.29, 1.82) is 0 Å². The number of nitrogens with one attached hydrogen (secondary N) is 2. The maximum absolute atomic E-state index is 13.1. The van der Waals surface area contributed by atoms with Crippen molar-refractivity contribution in [2.24, 2.45) is 5.92 Å². The Balaban J connectivity index is 1.44. The van der Waals surface area contributed by atoms with E-state index >= 15 is 0 Å². The first-order chi connectivity index (χ1) is 14.5. The highest BCUT2D eigenvalue weighted by Crippen LogP contribution is 2.41.